The van der Waals surface area contributed by atoms with Crippen molar-refractivity contribution in [3.63, 3.8) is 0 Å². The van der Waals surface area contributed by atoms with Crippen LogP contribution in [0.2, 0.25) is 0 Å². The molecule has 0 aromatic carbocycles. The number of unbranched alkanes of at least 4 members (excludes halogenated alkanes) is 1. The number of rotatable bonds is 6. The van der Waals surface area contributed by atoms with Gasteiger partial charge in [0.05, 0.1) is 0 Å². The molecule has 0 aliphatic heterocycles. The van der Waals surface area contributed by atoms with E-state index in [0.717, 1.165) is 37.5 Å². The number of esters is 1. The minimum atomic E-state index is -0.226. The molecule has 22 heavy (non-hydrogen) atoms. The molecular formula is C20H34O2. The Morgan fingerprint density at radius 1 is 1.27 bits per heavy atom. The third kappa shape index (κ3) is 3.58. The highest BCUT2D eigenvalue weighted by molar-refractivity contribution is 5.87. The van der Waals surface area contributed by atoms with Gasteiger partial charge >= 0.3 is 5.97 Å². The van der Waals surface area contributed by atoms with E-state index in [4.69, 9.17) is 4.74 Å². The van der Waals surface area contributed by atoms with Crippen LogP contribution in [0.25, 0.3) is 0 Å². The summed E-state index contributed by atoms with van der Waals surface area (Å²) in [5.41, 5.74) is 0.309. The lowest BCUT2D eigenvalue weighted by atomic mass is 9.56. The quantitative estimate of drug-likeness (QED) is 0.477. The van der Waals surface area contributed by atoms with Crippen molar-refractivity contribution in [1.82, 2.24) is 0 Å². The molecule has 5 unspecified atom stereocenters. The third-order valence-corrected chi connectivity index (χ3v) is 6.23. The van der Waals surface area contributed by atoms with Crippen molar-refractivity contribution < 1.29 is 9.53 Å². The number of hydrogen-bond acceptors (Lipinski definition) is 2. The van der Waals surface area contributed by atoms with Gasteiger partial charge in [-0.3, -0.25) is 0 Å². The van der Waals surface area contributed by atoms with Gasteiger partial charge in [0.2, 0.25) is 0 Å². The van der Waals surface area contributed by atoms with Crippen LogP contribution in [0, 0.1) is 23.7 Å². The Balaban J connectivity index is 2.25. The van der Waals surface area contributed by atoms with E-state index in [0.29, 0.717) is 17.4 Å². The maximum atomic E-state index is 12.3. The minimum absolute atomic E-state index is 0.180. The Morgan fingerprint density at radius 3 is 2.59 bits per heavy atom. The van der Waals surface area contributed by atoms with Crippen LogP contribution in [0.3, 0.4) is 0 Å². The SMILES string of the molecule is C=C(C)C(=O)OC1(CCCC)CC(C)C2CC(CC)CC1C2. The van der Waals surface area contributed by atoms with Crippen molar-refractivity contribution in [3.8, 4) is 0 Å². The van der Waals surface area contributed by atoms with Crippen molar-refractivity contribution in [2.45, 2.75) is 84.7 Å². The first-order valence-corrected chi connectivity index (χ1v) is 9.30. The zero-order valence-electron chi connectivity index (χ0n) is 15.0. The van der Waals surface area contributed by atoms with Crippen molar-refractivity contribution in [2.24, 2.45) is 23.7 Å². The summed E-state index contributed by atoms with van der Waals surface area (Å²) in [6, 6.07) is 0. The van der Waals surface area contributed by atoms with Crippen LogP contribution in [-0.4, -0.2) is 11.6 Å². The average Bonchev–Trinajstić information content (AvgIpc) is 2.50. The summed E-state index contributed by atoms with van der Waals surface area (Å²) in [7, 11) is 0. The first-order chi connectivity index (χ1) is 10.4. The standard InChI is InChI=1S/C20H34O2/c1-6-8-9-20(22-19(21)14(3)4)13-15(5)17-10-16(7-2)11-18(20)12-17/h15-18H,3,6-13H2,1-2,4-5H3. The summed E-state index contributed by atoms with van der Waals surface area (Å²) in [6.45, 7) is 12.5. The van der Waals surface area contributed by atoms with Gasteiger partial charge in [-0.15, -0.1) is 0 Å². The lowest BCUT2D eigenvalue weighted by Crippen LogP contribution is -2.52. The van der Waals surface area contributed by atoms with Crippen LogP contribution in [0.5, 0.6) is 0 Å². The predicted octanol–water partition coefficient (Wildman–Crippen LogP) is 5.52. The van der Waals surface area contributed by atoms with E-state index in [-0.39, 0.29) is 11.6 Å². The van der Waals surface area contributed by atoms with Crippen LogP contribution in [-0.2, 0) is 9.53 Å². The van der Waals surface area contributed by atoms with Crippen LogP contribution >= 0.6 is 0 Å². The fraction of sp³-hybridized carbons (Fsp3) is 0.850. The average molecular weight is 306 g/mol. The number of hydrogen-bond donors (Lipinski definition) is 0. The van der Waals surface area contributed by atoms with Gasteiger partial charge in [0, 0.05) is 5.57 Å². The van der Waals surface area contributed by atoms with E-state index < -0.39 is 0 Å². The second kappa shape index (κ2) is 7.19. The summed E-state index contributed by atoms with van der Waals surface area (Å²) in [4.78, 5) is 12.3. The molecule has 0 saturated heterocycles. The Kier molecular flexibility index (Phi) is 5.74. The summed E-state index contributed by atoms with van der Waals surface area (Å²) in [5, 5.41) is 0. The smallest absolute Gasteiger partial charge is 0.333 e. The molecule has 2 fully saturated rings. The Hall–Kier alpha value is -0.790. The maximum absolute atomic E-state index is 12.3. The summed E-state index contributed by atoms with van der Waals surface area (Å²) in [5.74, 6) is 2.70. The highest BCUT2D eigenvalue weighted by Gasteiger charge is 2.51. The predicted molar refractivity (Wildman–Crippen MR) is 91.6 cm³/mol. The molecule has 0 spiro atoms. The summed E-state index contributed by atoms with van der Waals surface area (Å²) < 4.78 is 6.15. The van der Waals surface area contributed by atoms with Crippen molar-refractivity contribution in [2.75, 3.05) is 0 Å². The van der Waals surface area contributed by atoms with E-state index in [1.165, 1.54) is 25.7 Å². The minimum Gasteiger partial charge on any atom is -0.455 e. The van der Waals surface area contributed by atoms with Gasteiger partial charge in [-0.25, -0.2) is 4.79 Å². The number of carbonyl (C=O) groups is 1. The topological polar surface area (TPSA) is 26.3 Å². The largest absolute Gasteiger partial charge is 0.455 e. The Bertz CT molecular complexity index is 412. The molecule has 0 heterocycles. The van der Waals surface area contributed by atoms with E-state index in [9.17, 15) is 4.79 Å². The molecule has 0 aromatic rings. The van der Waals surface area contributed by atoms with Gasteiger partial charge in [-0.05, 0) is 69.1 Å². The second-order valence-electron chi connectivity index (χ2n) is 7.96. The van der Waals surface area contributed by atoms with Crippen molar-refractivity contribution in [1.29, 1.82) is 0 Å². The van der Waals surface area contributed by atoms with Gasteiger partial charge in [0.1, 0.15) is 5.60 Å². The van der Waals surface area contributed by atoms with E-state index in [1.54, 1.807) is 6.92 Å². The number of fused-ring (bicyclic) bond motifs is 2. The molecule has 0 aromatic heterocycles. The van der Waals surface area contributed by atoms with E-state index in [2.05, 4.69) is 27.4 Å². The molecular weight excluding hydrogens is 272 g/mol. The van der Waals surface area contributed by atoms with Crippen LogP contribution < -0.4 is 0 Å². The molecule has 0 amide bonds. The number of carbonyl (C=O) groups excluding carboxylic acids is 1. The molecule has 126 valence electrons. The fourth-order valence-corrected chi connectivity index (χ4v) is 4.82. The molecule has 0 radical (unpaired) electrons. The fourth-order valence-electron chi connectivity index (χ4n) is 4.82. The van der Waals surface area contributed by atoms with Crippen LogP contribution in [0.15, 0.2) is 12.2 Å². The Labute approximate surface area is 136 Å². The first-order valence-electron chi connectivity index (χ1n) is 9.30. The van der Waals surface area contributed by atoms with Crippen LogP contribution in [0.1, 0.15) is 79.1 Å². The normalized spacial score (nSPS) is 37.6. The van der Waals surface area contributed by atoms with Gasteiger partial charge in [-0.1, -0.05) is 40.2 Å². The van der Waals surface area contributed by atoms with E-state index in [1.807, 2.05) is 0 Å². The van der Waals surface area contributed by atoms with Gasteiger partial charge < -0.3 is 4.74 Å². The molecule has 2 aliphatic rings. The second-order valence-corrected chi connectivity index (χ2v) is 7.96. The highest BCUT2D eigenvalue weighted by atomic mass is 16.6. The van der Waals surface area contributed by atoms with Crippen LogP contribution in [0.4, 0.5) is 0 Å². The van der Waals surface area contributed by atoms with Gasteiger partial charge in [-0.2, -0.15) is 0 Å². The number of ether oxygens (including phenoxy) is 1. The molecule has 2 saturated carbocycles. The lowest BCUT2D eigenvalue weighted by Gasteiger charge is -2.53. The molecule has 2 heteroatoms. The van der Waals surface area contributed by atoms with Gasteiger partial charge in [0.25, 0.3) is 0 Å². The molecule has 5 atom stereocenters. The maximum Gasteiger partial charge on any atom is 0.333 e. The lowest BCUT2D eigenvalue weighted by molar-refractivity contribution is -0.180. The Morgan fingerprint density at radius 2 is 2.00 bits per heavy atom. The zero-order valence-corrected chi connectivity index (χ0v) is 15.0. The van der Waals surface area contributed by atoms with Crippen molar-refractivity contribution >= 4 is 5.97 Å². The van der Waals surface area contributed by atoms with E-state index >= 15 is 0 Å². The summed E-state index contributed by atoms with van der Waals surface area (Å²) in [6.07, 6.45) is 9.53. The first kappa shape index (κ1) is 17.6. The van der Waals surface area contributed by atoms with Gasteiger partial charge in [0.15, 0.2) is 0 Å². The molecule has 2 aliphatic carbocycles. The molecule has 2 rings (SSSR count). The monoisotopic (exact) mass is 306 g/mol. The third-order valence-electron chi connectivity index (χ3n) is 6.23. The van der Waals surface area contributed by atoms with Crippen molar-refractivity contribution in [3.05, 3.63) is 12.2 Å². The highest BCUT2D eigenvalue weighted by Crippen LogP contribution is 2.54. The molecule has 2 bridgehead atoms. The zero-order chi connectivity index (χ0) is 16.3. The molecule has 2 nitrogen and oxygen atoms in total. The summed E-state index contributed by atoms with van der Waals surface area (Å²) >= 11 is 0. The molecule has 0 N–H and O–H groups in total.